The molecule has 0 saturated carbocycles. The zero-order valence-electron chi connectivity index (χ0n) is 17.0. The van der Waals surface area contributed by atoms with Gasteiger partial charge in [0.2, 0.25) is 0 Å². The van der Waals surface area contributed by atoms with Crippen LogP contribution in [0.4, 0.5) is 5.00 Å². The van der Waals surface area contributed by atoms with Gasteiger partial charge in [-0.1, -0.05) is 30.3 Å². The van der Waals surface area contributed by atoms with Gasteiger partial charge in [-0.25, -0.2) is 4.79 Å². The maximum atomic E-state index is 12.7. The normalized spacial score (nSPS) is 11.0. The van der Waals surface area contributed by atoms with Gasteiger partial charge in [-0.05, 0) is 45.2 Å². The molecule has 1 heterocycles. The Balaban J connectivity index is 2.11. The Labute approximate surface area is 174 Å². The van der Waals surface area contributed by atoms with Gasteiger partial charge in [-0.15, -0.1) is 11.3 Å². The zero-order chi connectivity index (χ0) is 21.6. The van der Waals surface area contributed by atoms with Crippen LogP contribution in [-0.4, -0.2) is 41.6 Å². The Kier molecular flexibility index (Phi) is 7.39. The van der Waals surface area contributed by atoms with Crippen LogP contribution in [0.15, 0.2) is 30.3 Å². The van der Waals surface area contributed by atoms with Gasteiger partial charge in [-0.3, -0.25) is 9.59 Å². The molecule has 0 saturated heterocycles. The van der Waals surface area contributed by atoms with Crippen molar-refractivity contribution in [2.45, 2.75) is 39.7 Å². The van der Waals surface area contributed by atoms with E-state index in [9.17, 15) is 19.5 Å². The van der Waals surface area contributed by atoms with Crippen molar-refractivity contribution in [2.24, 2.45) is 0 Å². The number of benzene rings is 1. The highest BCUT2D eigenvalue weighted by Crippen LogP contribution is 2.33. The standard InChI is InChI=1S/C21H26N2O5S/c1-13-16(18(25)23-12-15(24)28-21(2,3)4)19(29-17(13)20(26)27)22-11-10-14-8-6-5-7-9-14/h5-9,22H,10-12H2,1-4H3,(H,23,25)(H,26,27). The van der Waals surface area contributed by atoms with E-state index in [-0.39, 0.29) is 17.0 Å². The molecule has 2 aromatic rings. The van der Waals surface area contributed by atoms with Gasteiger partial charge in [0.25, 0.3) is 5.91 Å². The van der Waals surface area contributed by atoms with Crippen LogP contribution in [0.5, 0.6) is 0 Å². The van der Waals surface area contributed by atoms with E-state index < -0.39 is 23.4 Å². The number of aromatic carboxylic acids is 1. The second-order valence-electron chi connectivity index (χ2n) is 7.50. The number of nitrogens with one attached hydrogen (secondary N) is 2. The molecule has 1 amide bonds. The minimum Gasteiger partial charge on any atom is -0.477 e. The molecule has 2 rings (SSSR count). The Morgan fingerprint density at radius 3 is 2.38 bits per heavy atom. The zero-order valence-corrected chi connectivity index (χ0v) is 17.8. The lowest BCUT2D eigenvalue weighted by atomic mass is 10.1. The van der Waals surface area contributed by atoms with Gasteiger partial charge in [-0.2, -0.15) is 0 Å². The fourth-order valence-corrected chi connectivity index (χ4v) is 3.77. The van der Waals surface area contributed by atoms with Crippen molar-refractivity contribution in [1.29, 1.82) is 0 Å². The number of hydrogen-bond acceptors (Lipinski definition) is 6. The second kappa shape index (κ2) is 9.56. The lowest BCUT2D eigenvalue weighted by Gasteiger charge is -2.19. The molecular weight excluding hydrogens is 392 g/mol. The van der Waals surface area contributed by atoms with Crippen molar-refractivity contribution in [2.75, 3.05) is 18.4 Å². The molecule has 0 fully saturated rings. The van der Waals surface area contributed by atoms with Crippen LogP contribution in [-0.2, 0) is 16.0 Å². The van der Waals surface area contributed by atoms with Crippen LogP contribution in [0.3, 0.4) is 0 Å². The number of carboxylic acids is 1. The molecule has 1 aromatic heterocycles. The molecule has 0 aliphatic carbocycles. The van der Waals surface area contributed by atoms with E-state index >= 15 is 0 Å². The maximum Gasteiger partial charge on any atom is 0.346 e. The van der Waals surface area contributed by atoms with E-state index in [0.717, 1.165) is 23.3 Å². The number of ether oxygens (including phenoxy) is 1. The Morgan fingerprint density at radius 2 is 1.79 bits per heavy atom. The highest BCUT2D eigenvalue weighted by atomic mass is 32.1. The summed E-state index contributed by atoms with van der Waals surface area (Å²) in [6.07, 6.45) is 0.721. The highest BCUT2D eigenvalue weighted by Gasteiger charge is 2.25. The number of anilines is 1. The van der Waals surface area contributed by atoms with Crippen molar-refractivity contribution >= 4 is 34.2 Å². The number of carbonyl (C=O) groups is 3. The second-order valence-corrected chi connectivity index (χ2v) is 8.52. The first kappa shape index (κ1) is 22.4. The third-order valence-corrected chi connectivity index (χ3v) is 5.16. The van der Waals surface area contributed by atoms with Crippen LogP contribution in [0, 0.1) is 6.92 Å². The third-order valence-electron chi connectivity index (χ3n) is 3.92. The summed E-state index contributed by atoms with van der Waals surface area (Å²) < 4.78 is 5.18. The van der Waals surface area contributed by atoms with Crippen LogP contribution >= 0.6 is 11.3 Å². The highest BCUT2D eigenvalue weighted by molar-refractivity contribution is 7.18. The van der Waals surface area contributed by atoms with Gasteiger partial charge in [0.15, 0.2) is 0 Å². The average Bonchev–Trinajstić information content (AvgIpc) is 2.96. The molecule has 1 aromatic carbocycles. The summed E-state index contributed by atoms with van der Waals surface area (Å²) in [5.74, 6) is -2.17. The van der Waals surface area contributed by atoms with E-state index in [4.69, 9.17) is 4.74 Å². The molecule has 0 unspecified atom stereocenters. The Bertz CT molecular complexity index is 884. The van der Waals surface area contributed by atoms with E-state index in [1.165, 1.54) is 0 Å². The topological polar surface area (TPSA) is 105 Å². The number of amides is 1. The van der Waals surface area contributed by atoms with Gasteiger partial charge in [0, 0.05) is 6.54 Å². The third kappa shape index (κ3) is 6.60. The van der Waals surface area contributed by atoms with Gasteiger partial charge in [0.1, 0.15) is 22.0 Å². The lowest BCUT2D eigenvalue weighted by molar-refractivity contribution is -0.153. The summed E-state index contributed by atoms with van der Waals surface area (Å²) in [6.45, 7) is 7.05. The predicted octanol–water partition coefficient (Wildman–Crippen LogP) is 3.48. The molecule has 3 N–H and O–H groups in total. The van der Waals surface area contributed by atoms with Gasteiger partial charge in [0.05, 0.1) is 5.56 Å². The number of hydrogen-bond donors (Lipinski definition) is 3. The first-order valence-electron chi connectivity index (χ1n) is 9.23. The SMILES string of the molecule is Cc1c(C(=O)O)sc(NCCc2ccccc2)c1C(=O)NCC(=O)OC(C)(C)C. The minimum atomic E-state index is -1.09. The number of carbonyl (C=O) groups excluding carboxylic acids is 2. The summed E-state index contributed by atoms with van der Waals surface area (Å²) in [4.78, 5) is 36.1. The monoisotopic (exact) mass is 418 g/mol. The molecule has 7 nitrogen and oxygen atoms in total. The minimum absolute atomic E-state index is 0.0922. The predicted molar refractivity (Wildman–Crippen MR) is 113 cm³/mol. The smallest absolute Gasteiger partial charge is 0.346 e. The van der Waals surface area contributed by atoms with Crippen molar-refractivity contribution in [3.63, 3.8) is 0 Å². The molecule has 0 aliphatic rings. The van der Waals surface area contributed by atoms with Crippen LogP contribution in [0.25, 0.3) is 0 Å². The molecular formula is C21H26N2O5S. The summed E-state index contributed by atoms with van der Waals surface area (Å²) in [6, 6.07) is 9.83. The summed E-state index contributed by atoms with van der Waals surface area (Å²) in [5, 5.41) is 15.6. The fourth-order valence-electron chi connectivity index (χ4n) is 2.70. The summed E-state index contributed by atoms with van der Waals surface area (Å²) in [7, 11) is 0. The molecule has 0 bridgehead atoms. The van der Waals surface area contributed by atoms with E-state index in [2.05, 4.69) is 10.6 Å². The van der Waals surface area contributed by atoms with E-state index in [0.29, 0.717) is 17.1 Å². The lowest BCUT2D eigenvalue weighted by Crippen LogP contribution is -2.35. The van der Waals surface area contributed by atoms with E-state index in [1.54, 1.807) is 27.7 Å². The van der Waals surface area contributed by atoms with E-state index in [1.807, 2.05) is 30.3 Å². The van der Waals surface area contributed by atoms with Crippen molar-refractivity contribution in [3.05, 3.63) is 51.9 Å². The quantitative estimate of drug-likeness (QED) is 0.567. The van der Waals surface area contributed by atoms with Gasteiger partial charge < -0.3 is 20.5 Å². The molecule has 0 spiro atoms. The fraction of sp³-hybridized carbons (Fsp3) is 0.381. The molecule has 0 atom stereocenters. The van der Waals surface area contributed by atoms with Gasteiger partial charge >= 0.3 is 11.9 Å². The molecule has 0 aliphatic heterocycles. The average molecular weight is 419 g/mol. The largest absolute Gasteiger partial charge is 0.477 e. The number of carboxylic acid groups (broad SMARTS) is 1. The first-order valence-corrected chi connectivity index (χ1v) is 10.0. The first-order chi connectivity index (χ1) is 13.6. The summed E-state index contributed by atoms with van der Waals surface area (Å²) >= 11 is 1.01. The van der Waals surface area contributed by atoms with Crippen LogP contribution in [0.2, 0.25) is 0 Å². The Hall–Kier alpha value is -2.87. The molecule has 0 radical (unpaired) electrons. The maximum absolute atomic E-state index is 12.7. The summed E-state index contributed by atoms with van der Waals surface area (Å²) in [5.41, 5.74) is 1.08. The van der Waals surface area contributed by atoms with Crippen molar-refractivity contribution < 1.29 is 24.2 Å². The Morgan fingerprint density at radius 1 is 1.14 bits per heavy atom. The van der Waals surface area contributed by atoms with Crippen molar-refractivity contribution in [1.82, 2.24) is 5.32 Å². The molecule has 8 heteroatoms. The van der Waals surface area contributed by atoms with Crippen molar-refractivity contribution in [3.8, 4) is 0 Å². The number of thiophene rings is 1. The molecule has 29 heavy (non-hydrogen) atoms. The molecule has 156 valence electrons. The van der Waals surface area contributed by atoms with Crippen LogP contribution < -0.4 is 10.6 Å². The van der Waals surface area contributed by atoms with Crippen LogP contribution in [0.1, 0.15) is 51.9 Å². The number of esters is 1. The number of rotatable bonds is 8.